The molecule has 100 valence electrons. The Morgan fingerprint density at radius 3 is 2.41 bits per heavy atom. The minimum atomic E-state index is -0.601. The van der Waals surface area contributed by atoms with E-state index in [0.29, 0.717) is 12.5 Å². The highest BCUT2D eigenvalue weighted by Gasteiger charge is 2.17. The van der Waals surface area contributed by atoms with Crippen LogP contribution < -0.4 is 5.32 Å². The smallest absolute Gasteiger partial charge is 0.223 e. The van der Waals surface area contributed by atoms with E-state index in [4.69, 9.17) is 0 Å². The quantitative estimate of drug-likeness (QED) is 0.766. The SMILES string of the molecule is CCN(CC)C(=O)CCNC1CCS(=O)CC1. The normalized spacial score (nSPS) is 24.6. The fourth-order valence-electron chi connectivity index (χ4n) is 2.12. The van der Waals surface area contributed by atoms with Crippen molar-refractivity contribution in [3.8, 4) is 0 Å². The van der Waals surface area contributed by atoms with Crippen LogP contribution in [0.5, 0.6) is 0 Å². The zero-order chi connectivity index (χ0) is 12.7. The molecule has 0 aliphatic carbocycles. The number of carbonyl (C=O) groups excluding carboxylic acids is 1. The highest BCUT2D eigenvalue weighted by Crippen LogP contribution is 2.08. The van der Waals surface area contributed by atoms with Crippen LogP contribution >= 0.6 is 0 Å². The average molecular weight is 260 g/mol. The fourth-order valence-corrected chi connectivity index (χ4v) is 3.41. The van der Waals surface area contributed by atoms with E-state index < -0.39 is 10.8 Å². The molecule has 0 atom stereocenters. The van der Waals surface area contributed by atoms with Crippen molar-refractivity contribution in [3.63, 3.8) is 0 Å². The van der Waals surface area contributed by atoms with Gasteiger partial charge in [-0.2, -0.15) is 0 Å². The van der Waals surface area contributed by atoms with Crippen LogP contribution in [0, 0.1) is 0 Å². The zero-order valence-corrected chi connectivity index (χ0v) is 11.7. The lowest BCUT2D eigenvalue weighted by Crippen LogP contribution is -2.38. The highest BCUT2D eigenvalue weighted by atomic mass is 32.2. The summed E-state index contributed by atoms with van der Waals surface area (Å²) in [5, 5.41) is 3.39. The molecule has 1 rings (SSSR count). The molecular weight excluding hydrogens is 236 g/mol. The number of hydrogen-bond acceptors (Lipinski definition) is 3. The molecule has 0 unspecified atom stereocenters. The third-order valence-corrected chi connectivity index (χ3v) is 4.66. The summed E-state index contributed by atoms with van der Waals surface area (Å²) in [6.45, 7) is 6.33. The van der Waals surface area contributed by atoms with Crippen LogP contribution in [0.4, 0.5) is 0 Å². The van der Waals surface area contributed by atoms with E-state index >= 15 is 0 Å². The third-order valence-electron chi connectivity index (χ3n) is 3.28. The summed E-state index contributed by atoms with van der Waals surface area (Å²) in [6, 6.07) is 0.456. The first-order chi connectivity index (χ1) is 8.17. The van der Waals surface area contributed by atoms with Crippen molar-refractivity contribution < 1.29 is 9.00 Å². The van der Waals surface area contributed by atoms with E-state index in [1.165, 1.54) is 0 Å². The van der Waals surface area contributed by atoms with Crippen LogP contribution in [0.3, 0.4) is 0 Å². The molecule has 0 radical (unpaired) electrons. The van der Waals surface area contributed by atoms with Gasteiger partial charge in [0, 0.05) is 54.4 Å². The molecule has 0 spiro atoms. The van der Waals surface area contributed by atoms with Gasteiger partial charge in [-0.15, -0.1) is 0 Å². The van der Waals surface area contributed by atoms with E-state index in [1.54, 1.807) is 0 Å². The van der Waals surface area contributed by atoms with Crippen LogP contribution in [-0.2, 0) is 15.6 Å². The van der Waals surface area contributed by atoms with Gasteiger partial charge in [0.2, 0.25) is 5.91 Å². The van der Waals surface area contributed by atoms with Gasteiger partial charge in [-0.05, 0) is 26.7 Å². The Balaban J connectivity index is 2.15. The zero-order valence-electron chi connectivity index (χ0n) is 10.9. The molecule has 0 bridgehead atoms. The first kappa shape index (κ1) is 14.6. The van der Waals surface area contributed by atoms with Gasteiger partial charge in [-0.25, -0.2) is 0 Å². The molecular formula is C12H24N2O2S. The second-order valence-electron chi connectivity index (χ2n) is 4.39. The number of carbonyl (C=O) groups is 1. The van der Waals surface area contributed by atoms with Crippen LogP contribution in [0.2, 0.25) is 0 Å². The van der Waals surface area contributed by atoms with Crippen LogP contribution in [0.1, 0.15) is 33.1 Å². The molecule has 0 aromatic rings. The summed E-state index contributed by atoms with van der Waals surface area (Å²) in [6.07, 6.45) is 2.53. The summed E-state index contributed by atoms with van der Waals surface area (Å²) in [5.74, 6) is 1.84. The molecule has 1 amide bonds. The summed E-state index contributed by atoms with van der Waals surface area (Å²) in [5.41, 5.74) is 0. The molecule has 0 aromatic heterocycles. The van der Waals surface area contributed by atoms with E-state index in [9.17, 15) is 9.00 Å². The molecule has 1 aliphatic rings. The van der Waals surface area contributed by atoms with E-state index in [1.807, 2.05) is 18.7 Å². The van der Waals surface area contributed by atoms with Crippen LogP contribution in [0.15, 0.2) is 0 Å². The maximum atomic E-state index is 11.7. The maximum absolute atomic E-state index is 11.7. The standard InChI is InChI=1S/C12H24N2O2S/c1-3-14(4-2)12(15)5-8-13-11-6-9-17(16)10-7-11/h11,13H,3-10H2,1-2H3. The van der Waals surface area contributed by atoms with Gasteiger partial charge in [0.1, 0.15) is 0 Å². The van der Waals surface area contributed by atoms with Crippen LogP contribution in [-0.4, -0.2) is 52.2 Å². The number of nitrogens with one attached hydrogen (secondary N) is 1. The molecule has 1 heterocycles. The van der Waals surface area contributed by atoms with Gasteiger partial charge in [-0.3, -0.25) is 9.00 Å². The Kier molecular flexibility index (Phi) is 6.73. The van der Waals surface area contributed by atoms with E-state index in [-0.39, 0.29) is 5.91 Å². The maximum Gasteiger partial charge on any atom is 0.223 e. The first-order valence-electron chi connectivity index (χ1n) is 6.53. The monoisotopic (exact) mass is 260 g/mol. The van der Waals surface area contributed by atoms with Gasteiger partial charge in [-0.1, -0.05) is 0 Å². The van der Waals surface area contributed by atoms with Gasteiger partial charge in [0.05, 0.1) is 0 Å². The van der Waals surface area contributed by atoms with Crippen molar-refractivity contribution >= 4 is 16.7 Å². The van der Waals surface area contributed by atoms with E-state index in [2.05, 4.69) is 5.32 Å². The predicted octanol–water partition coefficient (Wildman–Crippen LogP) is 0.746. The summed E-state index contributed by atoms with van der Waals surface area (Å²) in [7, 11) is -0.601. The molecule has 1 N–H and O–H groups in total. The third kappa shape index (κ3) is 5.17. The van der Waals surface area contributed by atoms with E-state index in [0.717, 1.165) is 44.0 Å². The Labute approximate surface area is 107 Å². The number of hydrogen-bond donors (Lipinski definition) is 1. The van der Waals surface area contributed by atoms with Crippen molar-refractivity contribution in [2.75, 3.05) is 31.1 Å². The van der Waals surface area contributed by atoms with Crippen molar-refractivity contribution in [3.05, 3.63) is 0 Å². The molecule has 1 saturated heterocycles. The van der Waals surface area contributed by atoms with Crippen LogP contribution in [0.25, 0.3) is 0 Å². The van der Waals surface area contributed by atoms with Gasteiger partial charge >= 0.3 is 0 Å². The fraction of sp³-hybridized carbons (Fsp3) is 0.917. The first-order valence-corrected chi connectivity index (χ1v) is 8.02. The largest absolute Gasteiger partial charge is 0.343 e. The van der Waals surface area contributed by atoms with Gasteiger partial charge < -0.3 is 10.2 Å². The van der Waals surface area contributed by atoms with Gasteiger partial charge in [0.15, 0.2) is 0 Å². The summed E-state index contributed by atoms with van der Waals surface area (Å²) in [4.78, 5) is 13.6. The highest BCUT2D eigenvalue weighted by molar-refractivity contribution is 7.85. The van der Waals surface area contributed by atoms with Crippen molar-refractivity contribution in [1.29, 1.82) is 0 Å². The lowest BCUT2D eigenvalue weighted by atomic mass is 10.1. The molecule has 1 fully saturated rings. The molecule has 1 aliphatic heterocycles. The number of amides is 1. The second kappa shape index (κ2) is 7.82. The minimum Gasteiger partial charge on any atom is -0.343 e. The summed E-state index contributed by atoms with van der Waals surface area (Å²) >= 11 is 0. The molecule has 0 aromatic carbocycles. The summed E-state index contributed by atoms with van der Waals surface area (Å²) < 4.78 is 11.2. The van der Waals surface area contributed by atoms with Gasteiger partial charge in [0.25, 0.3) is 0 Å². The van der Waals surface area contributed by atoms with Crippen molar-refractivity contribution in [2.24, 2.45) is 0 Å². The lowest BCUT2D eigenvalue weighted by Gasteiger charge is -2.23. The average Bonchev–Trinajstić information content (AvgIpc) is 2.33. The Hall–Kier alpha value is -0.420. The molecule has 4 nitrogen and oxygen atoms in total. The molecule has 5 heteroatoms. The minimum absolute atomic E-state index is 0.224. The molecule has 0 saturated carbocycles. The topological polar surface area (TPSA) is 49.4 Å². The Morgan fingerprint density at radius 2 is 1.88 bits per heavy atom. The van der Waals surface area contributed by atoms with Crippen molar-refractivity contribution in [1.82, 2.24) is 10.2 Å². The second-order valence-corrected chi connectivity index (χ2v) is 6.09. The number of nitrogens with zero attached hydrogens (tertiary/aromatic N) is 1. The predicted molar refractivity (Wildman–Crippen MR) is 71.4 cm³/mol. The molecule has 17 heavy (non-hydrogen) atoms. The number of rotatable bonds is 6. The lowest BCUT2D eigenvalue weighted by molar-refractivity contribution is -0.130. The Morgan fingerprint density at radius 1 is 1.29 bits per heavy atom. The van der Waals surface area contributed by atoms with Crippen molar-refractivity contribution in [2.45, 2.75) is 39.2 Å². The Bertz CT molecular complexity index is 257.